The van der Waals surface area contributed by atoms with Crippen molar-refractivity contribution >= 4 is 23.2 Å². The molecule has 1 saturated carbocycles. The van der Waals surface area contributed by atoms with E-state index in [0.717, 1.165) is 0 Å². The number of alkyl halides is 6. The van der Waals surface area contributed by atoms with E-state index in [1.807, 2.05) is 0 Å². The minimum absolute atomic E-state index is 1.53. The second-order valence-electron chi connectivity index (χ2n) is 2.20. The van der Waals surface area contributed by atoms with Crippen molar-refractivity contribution in [1.29, 1.82) is 0 Å². The Hall–Kier alpha value is 0.0400. The Morgan fingerprint density at radius 3 is 1.36 bits per heavy atom. The lowest BCUT2D eigenvalue weighted by molar-refractivity contribution is -0.170. The van der Waals surface area contributed by atoms with Crippen LogP contribution in [0.2, 0.25) is 0 Å². The molecule has 0 spiro atoms. The Balaban J connectivity index is 3.08. The van der Waals surface area contributed by atoms with Gasteiger partial charge in [0.15, 0.2) is 0 Å². The second-order valence-corrected chi connectivity index (χ2v) is 3.53. The Kier molecular flexibility index (Phi) is 1.54. The largest absolute Gasteiger partial charge is 0.313 e. The van der Waals surface area contributed by atoms with Crippen LogP contribution in [0.3, 0.4) is 0 Å². The lowest BCUT2D eigenvalue weighted by Gasteiger charge is -2.48. The van der Waals surface area contributed by atoms with E-state index in [1.54, 1.807) is 0 Å². The summed E-state index contributed by atoms with van der Waals surface area (Å²) in [4.78, 5) is 0. The SMILES string of the molecule is C=C1C(F)(F)C(Cl)(Cl)C1(F)F. The average molecular weight is 209 g/mol. The first-order valence-corrected chi connectivity index (χ1v) is 3.24. The third-order valence-electron chi connectivity index (χ3n) is 1.55. The maximum absolute atomic E-state index is 12.4. The first-order valence-electron chi connectivity index (χ1n) is 2.49. The molecule has 0 aromatic carbocycles. The minimum atomic E-state index is -3.90. The molecule has 0 heterocycles. The lowest BCUT2D eigenvalue weighted by Crippen LogP contribution is -2.67. The van der Waals surface area contributed by atoms with Crippen molar-refractivity contribution in [3.8, 4) is 0 Å². The van der Waals surface area contributed by atoms with Crippen molar-refractivity contribution in [2.75, 3.05) is 0 Å². The Morgan fingerprint density at radius 1 is 1.00 bits per heavy atom. The van der Waals surface area contributed by atoms with Crippen LogP contribution in [0.15, 0.2) is 12.2 Å². The van der Waals surface area contributed by atoms with Crippen LogP contribution >= 0.6 is 23.2 Å². The van der Waals surface area contributed by atoms with Gasteiger partial charge in [-0.3, -0.25) is 0 Å². The van der Waals surface area contributed by atoms with Gasteiger partial charge >= 0.3 is 11.8 Å². The van der Waals surface area contributed by atoms with E-state index in [1.165, 1.54) is 0 Å². The van der Waals surface area contributed by atoms with Crippen molar-refractivity contribution < 1.29 is 17.6 Å². The van der Waals surface area contributed by atoms with E-state index in [2.05, 4.69) is 29.8 Å². The molecule has 0 aliphatic heterocycles. The molecule has 0 atom stereocenters. The van der Waals surface area contributed by atoms with Gasteiger partial charge in [-0.25, -0.2) is 0 Å². The smallest absolute Gasteiger partial charge is 0.198 e. The van der Waals surface area contributed by atoms with Gasteiger partial charge in [0.25, 0.3) is 4.33 Å². The molecule has 0 aromatic rings. The highest BCUT2D eigenvalue weighted by molar-refractivity contribution is 6.51. The zero-order chi connectivity index (χ0) is 9.08. The van der Waals surface area contributed by atoms with Gasteiger partial charge < -0.3 is 0 Å². The molecule has 0 bridgehead atoms. The maximum atomic E-state index is 12.4. The molecule has 1 rings (SSSR count). The normalized spacial score (nSPS) is 31.3. The van der Waals surface area contributed by atoms with Gasteiger partial charge in [0.05, 0.1) is 5.57 Å². The van der Waals surface area contributed by atoms with Gasteiger partial charge in [-0.05, 0) is 0 Å². The fourth-order valence-corrected chi connectivity index (χ4v) is 1.17. The molecule has 1 aliphatic rings. The van der Waals surface area contributed by atoms with Crippen LogP contribution in [0.5, 0.6) is 0 Å². The molecule has 0 aromatic heterocycles. The summed E-state index contributed by atoms with van der Waals surface area (Å²) in [6.45, 7) is 2.49. The summed E-state index contributed by atoms with van der Waals surface area (Å²) in [5.74, 6) is -7.81. The van der Waals surface area contributed by atoms with Crippen LogP contribution in [0.1, 0.15) is 0 Å². The third kappa shape index (κ3) is 0.719. The minimum Gasteiger partial charge on any atom is -0.198 e. The van der Waals surface area contributed by atoms with Crippen molar-refractivity contribution in [2.45, 2.75) is 16.2 Å². The summed E-state index contributed by atoms with van der Waals surface area (Å²) in [6, 6.07) is 0. The van der Waals surface area contributed by atoms with Crippen LogP contribution < -0.4 is 0 Å². The summed E-state index contributed by atoms with van der Waals surface area (Å²) in [7, 11) is 0. The Morgan fingerprint density at radius 2 is 1.27 bits per heavy atom. The van der Waals surface area contributed by atoms with E-state index < -0.39 is 21.8 Å². The monoisotopic (exact) mass is 208 g/mol. The summed E-state index contributed by atoms with van der Waals surface area (Å²) >= 11 is 9.37. The molecular formula is C5H2Cl2F4. The standard InChI is InChI=1S/C5H2Cl2F4/c1-2-3(8,9)5(6,7)4(2,10)11/h1H2. The highest BCUT2D eigenvalue weighted by Gasteiger charge is 2.82. The Bertz CT molecular complexity index is 201. The van der Waals surface area contributed by atoms with E-state index >= 15 is 0 Å². The number of allylic oxidation sites excluding steroid dienone is 1. The second kappa shape index (κ2) is 1.85. The van der Waals surface area contributed by atoms with Crippen LogP contribution in [0.4, 0.5) is 17.6 Å². The first-order chi connectivity index (χ1) is 4.65. The molecule has 11 heavy (non-hydrogen) atoms. The fraction of sp³-hybridized carbons (Fsp3) is 0.600. The van der Waals surface area contributed by atoms with Gasteiger partial charge in [0, 0.05) is 0 Å². The van der Waals surface area contributed by atoms with Gasteiger partial charge in [-0.15, -0.1) is 0 Å². The third-order valence-corrected chi connectivity index (χ3v) is 2.50. The predicted octanol–water partition coefficient (Wildman–Crippen LogP) is 3.00. The van der Waals surface area contributed by atoms with Crippen molar-refractivity contribution in [1.82, 2.24) is 0 Å². The van der Waals surface area contributed by atoms with Gasteiger partial charge in [0.2, 0.25) is 0 Å². The van der Waals surface area contributed by atoms with Crippen LogP contribution in [0, 0.1) is 0 Å². The fourth-order valence-electron chi connectivity index (χ4n) is 0.711. The molecular weight excluding hydrogens is 207 g/mol. The first kappa shape index (κ1) is 9.13. The zero-order valence-corrected chi connectivity index (χ0v) is 6.49. The van der Waals surface area contributed by atoms with E-state index in [0.29, 0.717) is 0 Å². The quantitative estimate of drug-likeness (QED) is 0.326. The van der Waals surface area contributed by atoms with Gasteiger partial charge in [-0.2, -0.15) is 17.6 Å². The zero-order valence-electron chi connectivity index (χ0n) is 4.97. The van der Waals surface area contributed by atoms with E-state index in [9.17, 15) is 17.6 Å². The van der Waals surface area contributed by atoms with Crippen molar-refractivity contribution in [3.05, 3.63) is 12.2 Å². The van der Waals surface area contributed by atoms with Gasteiger partial charge in [0.1, 0.15) is 0 Å². The molecule has 0 N–H and O–H groups in total. The van der Waals surface area contributed by atoms with Crippen molar-refractivity contribution in [3.63, 3.8) is 0 Å². The average Bonchev–Trinajstić information content (AvgIpc) is 1.84. The summed E-state index contributed by atoms with van der Waals surface area (Å²) in [5, 5.41) is 0. The molecule has 1 aliphatic carbocycles. The van der Waals surface area contributed by atoms with E-state index in [-0.39, 0.29) is 0 Å². The molecule has 0 radical (unpaired) electrons. The Labute approximate surface area is 69.8 Å². The maximum Gasteiger partial charge on any atom is 0.313 e. The van der Waals surface area contributed by atoms with Gasteiger partial charge in [-0.1, -0.05) is 29.8 Å². The number of hydrogen-bond acceptors (Lipinski definition) is 0. The van der Waals surface area contributed by atoms with Crippen molar-refractivity contribution in [2.24, 2.45) is 0 Å². The highest BCUT2D eigenvalue weighted by atomic mass is 35.5. The van der Waals surface area contributed by atoms with Crippen LogP contribution in [-0.4, -0.2) is 16.2 Å². The molecule has 0 saturated heterocycles. The molecule has 0 nitrogen and oxygen atoms in total. The summed E-state index contributed by atoms with van der Waals surface area (Å²) in [6.07, 6.45) is 0. The summed E-state index contributed by atoms with van der Waals surface area (Å²) in [5.41, 5.74) is -1.53. The predicted molar refractivity (Wildman–Crippen MR) is 33.5 cm³/mol. The molecule has 0 amide bonds. The number of hydrogen-bond donors (Lipinski definition) is 0. The lowest BCUT2D eigenvalue weighted by atomic mass is 9.83. The molecule has 6 heteroatoms. The topological polar surface area (TPSA) is 0 Å². The van der Waals surface area contributed by atoms with Crippen LogP contribution in [0.25, 0.3) is 0 Å². The number of rotatable bonds is 0. The molecule has 64 valence electrons. The summed E-state index contributed by atoms with van der Waals surface area (Å²) < 4.78 is 46.1. The highest BCUT2D eigenvalue weighted by Crippen LogP contribution is 2.66. The number of halogens is 6. The van der Waals surface area contributed by atoms with Crippen LogP contribution in [-0.2, 0) is 0 Å². The van der Waals surface area contributed by atoms with E-state index in [4.69, 9.17) is 0 Å². The molecule has 0 unspecified atom stereocenters. The molecule has 1 fully saturated rings.